The molecular weight excluding hydrogens is 460 g/mol. The molecule has 26 heavy (non-hydrogen) atoms. The van der Waals surface area contributed by atoms with Gasteiger partial charge in [-0.25, -0.2) is 9.69 Å². The molecule has 142 valence electrons. The molecule has 0 fully saturated rings. The van der Waals surface area contributed by atoms with E-state index in [1.165, 1.54) is 25.7 Å². The lowest BCUT2D eigenvalue weighted by Crippen LogP contribution is -2.04. The third-order valence-corrected chi connectivity index (χ3v) is 5.43. The minimum atomic E-state index is 0.258. The maximum Gasteiger partial charge on any atom is 0.213 e. The fourth-order valence-corrected chi connectivity index (χ4v) is 3.63. The van der Waals surface area contributed by atoms with Crippen molar-refractivity contribution in [1.82, 2.24) is 0 Å². The molecule has 1 aromatic rings. The molecule has 1 aromatic carbocycles. The zero-order valence-electron chi connectivity index (χ0n) is 15.5. The Morgan fingerprint density at radius 1 is 0.692 bits per heavy atom. The highest BCUT2D eigenvalue weighted by Gasteiger charge is 2.24. The van der Waals surface area contributed by atoms with Crippen molar-refractivity contribution in [2.24, 2.45) is 0 Å². The maximum atomic E-state index is 7.41. The molecule has 0 amide bonds. The van der Waals surface area contributed by atoms with Crippen molar-refractivity contribution >= 4 is 43.2 Å². The molecule has 0 aliphatic heterocycles. The topological polar surface area (TPSA) is 27.2 Å². The number of halogens is 2. The minimum absolute atomic E-state index is 0.258. The van der Waals surface area contributed by atoms with Crippen LogP contribution in [0.15, 0.2) is 8.95 Å². The van der Waals surface area contributed by atoms with E-state index < -0.39 is 0 Å². The molecule has 0 saturated carbocycles. The van der Waals surface area contributed by atoms with Crippen molar-refractivity contribution in [3.05, 3.63) is 31.8 Å². The van der Waals surface area contributed by atoms with Gasteiger partial charge < -0.3 is 9.47 Å². The Bertz CT molecular complexity index is 606. The molecule has 0 radical (unpaired) electrons. The van der Waals surface area contributed by atoms with Crippen LogP contribution in [0, 0.1) is 13.1 Å². The van der Waals surface area contributed by atoms with Gasteiger partial charge in [0.1, 0.15) is 0 Å². The van der Waals surface area contributed by atoms with E-state index in [4.69, 9.17) is 22.6 Å². The summed E-state index contributed by atoms with van der Waals surface area (Å²) in [7, 11) is 0. The third-order valence-electron chi connectivity index (χ3n) is 3.96. The number of rotatable bonds is 12. The van der Waals surface area contributed by atoms with Crippen LogP contribution in [0.4, 0.5) is 11.4 Å². The summed E-state index contributed by atoms with van der Waals surface area (Å²) in [5.41, 5.74) is 0.516. The van der Waals surface area contributed by atoms with E-state index in [-0.39, 0.29) is 11.4 Å². The Kier molecular flexibility index (Phi) is 11.4. The van der Waals surface area contributed by atoms with Crippen LogP contribution in [0.25, 0.3) is 9.69 Å². The van der Waals surface area contributed by atoms with Crippen LogP contribution < -0.4 is 9.47 Å². The summed E-state index contributed by atoms with van der Waals surface area (Å²) in [6, 6.07) is 0. The van der Waals surface area contributed by atoms with Gasteiger partial charge in [0.2, 0.25) is 11.4 Å². The molecule has 4 nitrogen and oxygen atoms in total. The highest BCUT2D eigenvalue weighted by molar-refractivity contribution is 9.11. The predicted molar refractivity (Wildman–Crippen MR) is 114 cm³/mol. The summed E-state index contributed by atoms with van der Waals surface area (Å²) in [6.07, 6.45) is 8.82. The van der Waals surface area contributed by atoms with E-state index in [0.29, 0.717) is 33.7 Å². The van der Waals surface area contributed by atoms with E-state index in [1.807, 2.05) is 0 Å². The van der Waals surface area contributed by atoms with Crippen LogP contribution in [0.5, 0.6) is 11.5 Å². The molecular formula is C20H26Br2N2O2. The van der Waals surface area contributed by atoms with Crippen molar-refractivity contribution in [2.45, 2.75) is 65.2 Å². The maximum absolute atomic E-state index is 7.41. The van der Waals surface area contributed by atoms with Gasteiger partial charge in [0.05, 0.1) is 35.3 Å². The second kappa shape index (κ2) is 13.0. The number of hydrogen-bond acceptors (Lipinski definition) is 2. The largest absolute Gasteiger partial charge is 0.490 e. The average Bonchev–Trinajstić information content (AvgIpc) is 2.64. The van der Waals surface area contributed by atoms with E-state index >= 15 is 0 Å². The van der Waals surface area contributed by atoms with E-state index in [2.05, 4.69) is 55.4 Å². The lowest BCUT2D eigenvalue weighted by Gasteiger charge is -2.18. The molecule has 0 aromatic heterocycles. The second-order valence-electron chi connectivity index (χ2n) is 6.03. The molecule has 0 unspecified atom stereocenters. The molecule has 0 spiro atoms. The number of ether oxygens (including phenoxy) is 2. The van der Waals surface area contributed by atoms with Crippen molar-refractivity contribution in [1.29, 1.82) is 0 Å². The summed E-state index contributed by atoms with van der Waals surface area (Å²) in [4.78, 5) is 7.01. The molecule has 0 aliphatic rings. The van der Waals surface area contributed by atoms with Crippen LogP contribution in [0.3, 0.4) is 0 Å². The van der Waals surface area contributed by atoms with E-state index in [0.717, 1.165) is 25.7 Å². The fourth-order valence-electron chi connectivity index (χ4n) is 2.49. The average molecular weight is 486 g/mol. The molecule has 0 bridgehead atoms. The molecule has 0 N–H and O–H groups in total. The van der Waals surface area contributed by atoms with Gasteiger partial charge in [-0.3, -0.25) is 0 Å². The zero-order chi connectivity index (χ0) is 19.4. The van der Waals surface area contributed by atoms with E-state index in [9.17, 15) is 0 Å². The first kappa shape index (κ1) is 22.8. The molecule has 0 aliphatic carbocycles. The van der Waals surface area contributed by atoms with Gasteiger partial charge in [-0.1, -0.05) is 84.2 Å². The summed E-state index contributed by atoms with van der Waals surface area (Å²) < 4.78 is 12.9. The summed E-state index contributed by atoms with van der Waals surface area (Å²) >= 11 is 6.90. The van der Waals surface area contributed by atoms with Gasteiger partial charge in [0.25, 0.3) is 0 Å². The first-order chi connectivity index (χ1) is 12.6. The first-order valence-electron chi connectivity index (χ1n) is 9.17. The minimum Gasteiger partial charge on any atom is -0.490 e. The Morgan fingerprint density at radius 2 is 1.08 bits per heavy atom. The quantitative estimate of drug-likeness (QED) is 0.220. The SMILES string of the molecule is [C-]#[N+]c1c(Br)c(OCCCCCC)c(OCCCCCC)c(Br)c1[N+]#[C-]. The third kappa shape index (κ3) is 6.49. The Hall–Kier alpha value is -1.24. The normalized spacial score (nSPS) is 10.2. The highest BCUT2D eigenvalue weighted by Crippen LogP contribution is 2.54. The monoisotopic (exact) mass is 484 g/mol. The van der Waals surface area contributed by atoms with Crippen LogP contribution >= 0.6 is 31.9 Å². The van der Waals surface area contributed by atoms with Gasteiger partial charge in [0, 0.05) is 0 Å². The van der Waals surface area contributed by atoms with Crippen molar-refractivity contribution in [3.63, 3.8) is 0 Å². The Morgan fingerprint density at radius 3 is 1.38 bits per heavy atom. The van der Waals surface area contributed by atoms with Gasteiger partial charge in [-0.15, -0.1) is 0 Å². The van der Waals surface area contributed by atoms with Crippen molar-refractivity contribution in [2.75, 3.05) is 13.2 Å². The second-order valence-corrected chi connectivity index (χ2v) is 7.61. The van der Waals surface area contributed by atoms with Crippen LogP contribution in [0.1, 0.15) is 65.2 Å². The predicted octanol–water partition coefficient (Wildman–Crippen LogP) is 8.23. The van der Waals surface area contributed by atoms with Crippen LogP contribution in [-0.2, 0) is 0 Å². The Labute approximate surface area is 174 Å². The number of hydrogen-bond donors (Lipinski definition) is 0. The van der Waals surface area contributed by atoms with Gasteiger partial charge >= 0.3 is 0 Å². The molecule has 6 heteroatoms. The molecule has 0 atom stereocenters. The van der Waals surface area contributed by atoms with E-state index in [1.54, 1.807) is 0 Å². The number of benzene rings is 1. The van der Waals surface area contributed by atoms with Gasteiger partial charge in [-0.05, 0) is 12.8 Å². The smallest absolute Gasteiger partial charge is 0.213 e. The molecule has 0 saturated heterocycles. The first-order valence-corrected chi connectivity index (χ1v) is 10.8. The van der Waals surface area contributed by atoms with Gasteiger partial charge in [-0.2, -0.15) is 0 Å². The lowest BCUT2D eigenvalue weighted by atomic mass is 10.2. The fraction of sp³-hybridized carbons (Fsp3) is 0.600. The van der Waals surface area contributed by atoms with Crippen LogP contribution in [-0.4, -0.2) is 13.2 Å². The highest BCUT2D eigenvalue weighted by atomic mass is 79.9. The molecule has 1 rings (SSSR count). The van der Waals surface area contributed by atoms with Crippen LogP contribution in [0.2, 0.25) is 0 Å². The van der Waals surface area contributed by atoms with Crippen molar-refractivity contribution < 1.29 is 9.47 Å². The van der Waals surface area contributed by atoms with Crippen molar-refractivity contribution in [3.8, 4) is 11.5 Å². The molecule has 0 heterocycles. The zero-order valence-corrected chi connectivity index (χ0v) is 18.7. The number of unbranched alkanes of at least 4 members (excludes halogenated alkanes) is 6. The number of nitrogens with zero attached hydrogens (tertiary/aromatic N) is 2. The standard InChI is InChI=1S/C20H26Br2N2O2/c1-5-7-9-11-13-25-19-15(21)17(23-3)18(24-4)16(22)20(19)26-14-12-10-8-6-2/h5-14H2,1-2H3. The summed E-state index contributed by atoms with van der Waals surface area (Å²) in [5, 5.41) is 0. The summed E-state index contributed by atoms with van der Waals surface area (Å²) in [5.74, 6) is 1.03. The summed E-state index contributed by atoms with van der Waals surface area (Å²) in [6.45, 7) is 20.3. The Balaban J connectivity index is 3.03. The lowest BCUT2D eigenvalue weighted by molar-refractivity contribution is 0.256. The van der Waals surface area contributed by atoms with Gasteiger partial charge in [0.15, 0.2) is 11.5 Å².